The van der Waals surface area contributed by atoms with Crippen molar-refractivity contribution in [3.05, 3.63) is 91.0 Å². The van der Waals surface area contributed by atoms with E-state index in [4.69, 9.17) is 16.3 Å². The van der Waals surface area contributed by atoms with Crippen LogP contribution in [0.1, 0.15) is 21.5 Å². The van der Waals surface area contributed by atoms with Crippen molar-refractivity contribution in [2.24, 2.45) is 5.10 Å². The van der Waals surface area contributed by atoms with Crippen LogP contribution < -0.4 is 20.4 Å². The molecule has 0 fully saturated rings. The molecule has 0 heterocycles. The van der Waals surface area contributed by atoms with Crippen molar-refractivity contribution in [3.63, 3.8) is 0 Å². The first kappa shape index (κ1) is 28.2. The maximum Gasteiger partial charge on any atom is 0.287 e. The summed E-state index contributed by atoms with van der Waals surface area (Å²) in [5.41, 5.74) is 4.79. The molecule has 3 rings (SSSR count). The van der Waals surface area contributed by atoms with Crippen molar-refractivity contribution in [2.75, 3.05) is 26.1 Å². The average Bonchev–Trinajstić information content (AvgIpc) is 2.88. The predicted octanol–water partition coefficient (Wildman–Crippen LogP) is 5.57. The molecule has 0 unspecified atom stereocenters. The minimum Gasteiger partial charge on any atom is -0.503 e. The van der Waals surface area contributed by atoms with Gasteiger partial charge in [0.05, 0.1) is 28.4 Å². The summed E-state index contributed by atoms with van der Waals surface area (Å²) in [6.07, 6.45) is 2.91. The molecule has 8 nitrogen and oxygen atoms in total. The Hall–Kier alpha value is -3.34. The third kappa shape index (κ3) is 7.12. The summed E-state index contributed by atoms with van der Waals surface area (Å²) in [5, 5.41) is 17.0. The lowest BCUT2D eigenvalue weighted by Gasteiger charge is -2.13. The van der Waals surface area contributed by atoms with E-state index in [2.05, 4.69) is 47.7 Å². The zero-order valence-electron chi connectivity index (χ0n) is 20.1. The molecule has 37 heavy (non-hydrogen) atoms. The van der Waals surface area contributed by atoms with E-state index in [1.165, 1.54) is 19.4 Å². The number of methoxy groups -OCH3 is 1. The van der Waals surface area contributed by atoms with Gasteiger partial charge in [0.15, 0.2) is 11.5 Å². The van der Waals surface area contributed by atoms with Crippen molar-refractivity contribution in [1.82, 2.24) is 10.7 Å². The molecule has 0 aliphatic heterocycles. The number of halogens is 3. The number of carbonyl (C=O) groups is 2. The molecule has 0 spiro atoms. The number of anilines is 1. The Balaban J connectivity index is 1.89. The van der Waals surface area contributed by atoms with Crippen LogP contribution in [0.3, 0.4) is 0 Å². The molecule has 0 aliphatic rings. The van der Waals surface area contributed by atoms with E-state index in [1.54, 1.807) is 30.3 Å². The molecule has 192 valence electrons. The fourth-order valence-corrected chi connectivity index (χ4v) is 4.16. The van der Waals surface area contributed by atoms with Crippen molar-refractivity contribution < 1.29 is 19.4 Å². The van der Waals surface area contributed by atoms with Gasteiger partial charge < -0.3 is 20.1 Å². The van der Waals surface area contributed by atoms with Gasteiger partial charge >= 0.3 is 0 Å². The number of ether oxygens (including phenoxy) is 1. The Labute approximate surface area is 236 Å². The van der Waals surface area contributed by atoms with Crippen LogP contribution in [0.4, 0.5) is 5.69 Å². The smallest absolute Gasteiger partial charge is 0.287 e. The Morgan fingerprint density at radius 1 is 1.08 bits per heavy atom. The third-order valence-electron chi connectivity index (χ3n) is 5.10. The maximum absolute atomic E-state index is 13.1. The molecule has 3 N–H and O–H groups in total. The molecule has 0 radical (unpaired) electrons. The molecule has 11 heteroatoms. The highest BCUT2D eigenvalue weighted by Gasteiger charge is 2.17. The first-order valence-corrected chi connectivity index (χ1v) is 12.7. The predicted molar refractivity (Wildman–Crippen MR) is 153 cm³/mol. The monoisotopic (exact) mass is 648 g/mol. The number of phenols is 1. The molecule has 0 bridgehead atoms. The van der Waals surface area contributed by atoms with Crippen molar-refractivity contribution in [2.45, 2.75) is 0 Å². The van der Waals surface area contributed by atoms with Gasteiger partial charge in [0.1, 0.15) is 5.70 Å². The number of hydrogen-bond acceptors (Lipinski definition) is 6. The van der Waals surface area contributed by atoms with Crippen LogP contribution in [0.25, 0.3) is 6.08 Å². The topological polar surface area (TPSA) is 103 Å². The van der Waals surface area contributed by atoms with E-state index in [0.29, 0.717) is 20.1 Å². The lowest BCUT2D eigenvalue weighted by molar-refractivity contribution is -0.117. The number of hydrazone groups is 1. The van der Waals surface area contributed by atoms with Crippen LogP contribution in [0.2, 0.25) is 5.02 Å². The summed E-state index contributed by atoms with van der Waals surface area (Å²) < 4.78 is 6.03. The average molecular weight is 651 g/mol. The molecular weight excluding hydrogens is 628 g/mol. The SMILES string of the molecule is COc1cc(/C=N/NC(=O)/C(=C\c2ccc(N(C)C)cc2)NC(=O)c2ccccc2Cl)c(Br)c(Br)c1O. The lowest BCUT2D eigenvalue weighted by atomic mass is 10.1. The van der Waals surface area contributed by atoms with Gasteiger partial charge in [-0.2, -0.15) is 5.10 Å². The number of phenolic OH excluding ortho intramolecular Hbond substituents is 1. The number of amides is 2. The minimum absolute atomic E-state index is 0.0387. The van der Waals surface area contributed by atoms with Gasteiger partial charge in [-0.25, -0.2) is 5.43 Å². The Kier molecular flexibility index (Phi) is 9.73. The summed E-state index contributed by atoms with van der Waals surface area (Å²) in [7, 11) is 5.26. The largest absolute Gasteiger partial charge is 0.503 e. The van der Waals surface area contributed by atoms with Crippen molar-refractivity contribution in [3.8, 4) is 11.5 Å². The second-order valence-electron chi connectivity index (χ2n) is 7.82. The van der Waals surface area contributed by atoms with Gasteiger partial charge in [-0.05, 0) is 73.8 Å². The number of rotatable bonds is 8. The number of carbonyl (C=O) groups excluding carboxylic acids is 2. The molecule has 3 aromatic carbocycles. The second kappa shape index (κ2) is 12.8. The lowest BCUT2D eigenvalue weighted by Crippen LogP contribution is -2.33. The Morgan fingerprint density at radius 2 is 1.76 bits per heavy atom. The van der Waals surface area contributed by atoms with Gasteiger partial charge in [0.25, 0.3) is 11.8 Å². The maximum atomic E-state index is 13.1. The minimum atomic E-state index is -0.658. The zero-order valence-corrected chi connectivity index (χ0v) is 24.0. The van der Waals surface area contributed by atoms with E-state index in [-0.39, 0.29) is 27.8 Å². The third-order valence-corrected chi connectivity index (χ3v) is 7.58. The number of benzene rings is 3. The molecular formula is C26H23Br2ClN4O4. The van der Waals surface area contributed by atoms with Crippen molar-refractivity contribution in [1.29, 1.82) is 0 Å². The molecule has 0 aliphatic carbocycles. The number of aromatic hydroxyl groups is 1. The van der Waals surface area contributed by atoms with Crippen LogP contribution in [0.5, 0.6) is 11.5 Å². The fraction of sp³-hybridized carbons (Fsp3) is 0.115. The summed E-state index contributed by atoms with van der Waals surface area (Å²) >= 11 is 12.8. The molecule has 2 amide bonds. The van der Waals surface area contributed by atoms with Crippen LogP contribution in [-0.4, -0.2) is 44.3 Å². The van der Waals surface area contributed by atoms with E-state index in [1.807, 2.05) is 43.3 Å². The molecule has 3 aromatic rings. The Morgan fingerprint density at radius 3 is 2.38 bits per heavy atom. The van der Waals surface area contributed by atoms with Crippen molar-refractivity contribution >= 4 is 73.3 Å². The molecule has 0 atom stereocenters. The highest BCUT2D eigenvalue weighted by molar-refractivity contribution is 9.13. The number of nitrogens with zero attached hydrogens (tertiary/aromatic N) is 2. The normalized spacial score (nSPS) is 11.4. The van der Waals surface area contributed by atoms with Gasteiger partial charge in [-0.15, -0.1) is 0 Å². The van der Waals surface area contributed by atoms with Crippen LogP contribution in [0.15, 0.2) is 74.3 Å². The highest BCUT2D eigenvalue weighted by atomic mass is 79.9. The van der Waals surface area contributed by atoms with Crippen LogP contribution in [0, 0.1) is 0 Å². The summed E-state index contributed by atoms with van der Waals surface area (Å²) in [6, 6.07) is 15.5. The highest BCUT2D eigenvalue weighted by Crippen LogP contribution is 2.41. The van der Waals surface area contributed by atoms with E-state index in [0.717, 1.165) is 5.69 Å². The van der Waals surface area contributed by atoms with Crippen LogP contribution in [-0.2, 0) is 4.79 Å². The van der Waals surface area contributed by atoms with Crippen LogP contribution >= 0.6 is 43.5 Å². The van der Waals surface area contributed by atoms with E-state index < -0.39 is 11.8 Å². The van der Waals surface area contributed by atoms with E-state index in [9.17, 15) is 14.7 Å². The number of hydrogen-bond donors (Lipinski definition) is 3. The van der Waals surface area contributed by atoms with Gasteiger partial charge in [-0.1, -0.05) is 35.9 Å². The molecule has 0 saturated heterocycles. The zero-order chi connectivity index (χ0) is 27.1. The molecule has 0 saturated carbocycles. The second-order valence-corrected chi connectivity index (χ2v) is 9.81. The Bertz CT molecular complexity index is 1380. The standard InChI is InChI=1S/C26H23Br2ClN4O4/c1-33(2)17-10-8-15(9-11-17)12-20(31-25(35)18-6-4-5-7-19(18)29)26(36)32-30-14-16-13-21(37-3)24(34)23(28)22(16)27/h4-14,34H,1-3H3,(H,31,35)(H,32,36)/b20-12+,30-14+. The molecule has 0 aromatic heterocycles. The quantitative estimate of drug-likeness (QED) is 0.168. The van der Waals surface area contributed by atoms with Gasteiger partial charge in [0, 0.05) is 29.8 Å². The van der Waals surface area contributed by atoms with E-state index >= 15 is 0 Å². The summed E-state index contributed by atoms with van der Waals surface area (Å²) in [6.45, 7) is 0. The fourth-order valence-electron chi connectivity index (χ4n) is 3.11. The first-order valence-electron chi connectivity index (χ1n) is 10.8. The summed E-state index contributed by atoms with van der Waals surface area (Å²) in [4.78, 5) is 27.9. The first-order chi connectivity index (χ1) is 17.6. The van der Waals surface area contributed by atoms with Gasteiger partial charge in [0.2, 0.25) is 0 Å². The van der Waals surface area contributed by atoms with Gasteiger partial charge in [-0.3, -0.25) is 9.59 Å². The summed E-state index contributed by atoms with van der Waals surface area (Å²) in [5.74, 6) is -1.06. The number of nitrogens with one attached hydrogen (secondary N) is 2.